The van der Waals surface area contributed by atoms with Gasteiger partial charge in [-0.15, -0.1) is 0 Å². The van der Waals surface area contributed by atoms with Crippen molar-refractivity contribution in [3.05, 3.63) is 89.6 Å². The summed E-state index contributed by atoms with van der Waals surface area (Å²) in [5, 5.41) is 0. The van der Waals surface area contributed by atoms with Gasteiger partial charge < -0.3 is 0 Å². The van der Waals surface area contributed by atoms with E-state index < -0.39 is 0 Å². The quantitative estimate of drug-likeness (QED) is 0.594. The van der Waals surface area contributed by atoms with Crippen LogP contribution in [0.4, 0.5) is 0 Å². The SMILES string of the molecule is Cc1ccc(-c2ccccn2)c(/C=C/c2ccccc2)c1. The molecule has 0 atom stereocenters. The molecule has 3 aromatic rings. The Kier molecular flexibility index (Phi) is 3.92. The Balaban J connectivity index is 2.02. The monoisotopic (exact) mass is 271 g/mol. The van der Waals surface area contributed by atoms with E-state index in [4.69, 9.17) is 0 Å². The van der Waals surface area contributed by atoms with Crippen molar-refractivity contribution in [1.29, 1.82) is 0 Å². The van der Waals surface area contributed by atoms with Crippen molar-refractivity contribution in [2.75, 3.05) is 0 Å². The molecule has 1 nitrogen and oxygen atoms in total. The van der Waals surface area contributed by atoms with Crippen molar-refractivity contribution in [2.24, 2.45) is 0 Å². The molecule has 3 rings (SSSR count). The minimum absolute atomic E-state index is 1.00. The van der Waals surface area contributed by atoms with Crippen molar-refractivity contribution < 1.29 is 0 Å². The maximum absolute atomic E-state index is 4.46. The summed E-state index contributed by atoms with van der Waals surface area (Å²) < 4.78 is 0. The topological polar surface area (TPSA) is 12.9 Å². The Morgan fingerprint density at radius 3 is 2.38 bits per heavy atom. The molecule has 0 bridgehead atoms. The normalized spacial score (nSPS) is 10.9. The van der Waals surface area contributed by atoms with E-state index in [9.17, 15) is 0 Å². The van der Waals surface area contributed by atoms with Gasteiger partial charge >= 0.3 is 0 Å². The average Bonchev–Trinajstić information content (AvgIpc) is 2.55. The van der Waals surface area contributed by atoms with Crippen molar-refractivity contribution in [3.8, 4) is 11.3 Å². The van der Waals surface area contributed by atoms with Gasteiger partial charge in [-0.1, -0.05) is 72.3 Å². The van der Waals surface area contributed by atoms with Crippen LogP contribution in [0.5, 0.6) is 0 Å². The lowest BCUT2D eigenvalue weighted by Crippen LogP contribution is -1.87. The number of pyridine rings is 1. The Labute approximate surface area is 125 Å². The third kappa shape index (κ3) is 3.26. The smallest absolute Gasteiger partial charge is 0.0707 e. The maximum atomic E-state index is 4.46. The first-order valence-corrected chi connectivity index (χ1v) is 7.08. The highest BCUT2D eigenvalue weighted by molar-refractivity contribution is 5.79. The molecule has 0 amide bonds. The number of benzene rings is 2. The zero-order valence-electron chi connectivity index (χ0n) is 12.0. The summed E-state index contributed by atoms with van der Waals surface area (Å²) in [6.07, 6.45) is 6.13. The predicted octanol–water partition coefficient (Wildman–Crippen LogP) is 5.23. The molecule has 0 aliphatic carbocycles. The minimum Gasteiger partial charge on any atom is -0.256 e. The van der Waals surface area contributed by atoms with Crippen LogP contribution >= 0.6 is 0 Å². The Morgan fingerprint density at radius 2 is 1.62 bits per heavy atom. The highest BCUT2D eigenvalue weighted by Gasteiger charge is 2.03. The molecule has 0 fully saturated rings. The molecule has 0 radical (unpaired) electrons. The fourth-order valence-electron chi connectivity index (χ4n) is 2.33. The van der Waals surface area contributed by atoms with Crippen molar-refractivity contribution in [2.45, 2.75) is 6.92 Å². The van der Waals surface area contributed by atoms with Gasteiger partial charge in [0.2, 0.25) is 0 Å². The van der Waals surface area contributed by atoms with E-state index in [1.807, 2.05) is 30.5 Å². The Bertz CT molecular complexity index is 743. The van der Waals surface area contributed by atoms with E-state index in [2.05, 4.69) is 66.5 Å². The molecule has 2 aromatic carbocycles. The molecule has 0 saturated carbocycles. The van der Waals surface area contributed by atoms with Gasteiger partial charge in [-0.25, -0.2) is 0 Å². The maximum Gasteiger partial charge on any atom is 0.0707 e. The molecule has 1 heteroatoms. The first-order valence-electron chi connectivity index (χ1n) is 7.08. The molecule has 1 aromatic heterocycles. The molecule has 0 aliphatic heterocycles. The van der Waals surface area contributed by atoms with Crippen LogP contribution in [0.2, 0.25) is 0 Å². The first-order chi connectivity index (χ1) is 10.3. The molecule has 0 aliphatic rings. The summed E-state index contributed by atoms with van der Waals surface area (Å²) in [6.45, 7) is 2.11. The standard InChI is InChI=1S/C20H17N/c1-16-10-13-19(20-9-5-6-14-21-20)18(15-16)12-11-17-7-3-2-4-8-17/h2-15H,1H3/b12-11+. The third-order valence-corrected chi connectivity index (χ3v) is 3.40. The minimum atomic E-state index is 1.00. The van der Waals surface area contributed by atoms with Crippen LogP contribution in [-0.2, 0) is 0 Å². The van der Waals surface area contributed by atoms with E-state index in [0.29, 0.717) is 0 Å². The number of hydrogen-bond acceptors (Lipinski definition) is 1. The second kappa shape index (κ2) is 6.19. The second-order valence-electron chi connectivity index (χ2n) is 5.05. The lowest BCUT2D eigenvalue weighted by Gasteiger charge is -2.07. The van der Waals surface area contributed by atoms with Gasteiger partial charge in [0.25, 0.3) is 0 Å². The van der Waals surface area contributed by atoms with E-state index in [0.717, 1.165) is 11.3 Å². The fourth-order valence-corrected chi connectivity index (χ4v) is 2.33. The molecule has 0 unspecified atom stereocenters. The average molecular weight is 271 g/mol. The number of aryl methyl sites for hydroxylation is 1. The lowest BCUT2D eigenvalue weighted by atomic mass is 10.00. The summed E-state index contributed by atoms with van der Waals surface area (Å²) >= 11 is 0. The van der Waals surface area contributed by atoms with Crippen molar-refractivity contribution in [3.63, 3.8) is 0 Å². The van der Waals surface area contributed by atoms with Gasteiger partial charge in [-0.2, -0.15) is 0 Å². The largest absolute Gasteiger partial charge is 0.256 e. The zero-order chi connectivity index (χ0) is 14.5. The molecular formula is C20H17N. The van der Waals surface area contributed by atoms with Gasteiger partial charge in [0.15, 0.2) is 0 Å². The first kappa shape index (κ1) is 13.3. The molecular weight excluding hydrogens is 254 g/mol. The molecule has 0 N–H and O–H groups in total. The molecule has 1 heterocycles. The zero-order valence-corrected chi connectivity index (χ0v) is 12.0. The van der Waals surface area contributed by atoms with Crippen LogP contribution in [0.3, 0.4) is 0 Å². The summed E-state index contributed by atoms with van der Waals surface area (Å²) in [4.78, 5) is 4.46. The predicted molar refractivity (Wildman–Crippen MR) is 89.8 cm³/mol. The second-order valence-corrected chi connectivity index (χ2v) is 5.05. The number of aromatic nitrogens is 1. The van der Waals surface area contributed by atoms with E-state index in [1.165, 1.54) is 16.7 Å². The van der Waals surface area contributed by atoms with Crippen molar-refractivity contribution in [1.82, 2.24) is 4.98 Å². The van der Waals surface area contributed by atoms with Crippen LogP contribution < -0.4 is 0 Å². The summed E-state index contributed by atoms with van der Waals surface area (Å²) in [6, 6.07) is 22.8. The van der Waals surface area contributed by atoms with E-state index >= 15 is 0 Å². The van der Waals surface area contributed by atoms with Gasteiger partial charge in [0.05, 0.1) is 5.69 Å². The number of nitrogens with zero attached hydrogens (tertiary/aromatic N) is 1. The summed E-state index contributed by atoms with van der Waals surface area (Å²) in [7, 11) is 0. The molecule has 0 spiro atoms. The van der Waals surface area contributed by atoms with Gasteiger partial charge in [0, 0.05) is 11.8 Å². The third-order valence-electron chi connectivity index (χ3n) is 3.40. The highest BCUT2D eigenvalue weighted by Crippen LogP contribution is 2.24. The number of hydrogen-bond donors (Lipinski definition) is 0. The summed E-state index contributed by atoms with van der Waals surface area (Å²) in [5.41, 5.74) is 5.81. The summed E-state index contributed by atoms with van der Waals surface area (Å²) in [5.74, 6) is 0. The molecule has 102 valence electrons. The molecule has 21 heavy (non-hydrogen) atoms. The van der Waals surface area contributed by atoms with Crippen LogP contribution in [-0.4, -0.2) is 4.98 Å². The van der Waals surface area contributed by atoms with Gasteiger partial charge in [-0.3, -0.25) is 4.98 Å². The number of rotatable bonds is 3. The van der Waals surface area contributed by atoms with Crippen LogP contribution in [0.15, 0.2) is 72.9 Å². The fraction of sp³-hybridized carbons (Fsp3) is 0.0500. The van der Waals surface area contributed by atoms with Gasteiger partial charge in [-0.05, 0) is 30.2 Å². The Hall–Kier alpha value is -2.67. The van der Waals surface area contributed by atoms with Gasteiger partial charge in [0.1, 0.15) is 0 Å². The molecule has 0 saturated heterocycles. The van der Waals surface area contributed by atoms with E-state index in [1.54, 1.807) is 0 Å². The Morgan fingerprint density at radius 1 is 0.810 bits per heavy atom. The highest BCUT2D eigenvalue weighted by atomic mass is 14.7. The van der Waals surface area contributed by atoms with Crippen LogP contribution in [0.1, 0.15) is 16.7 Å². The van der Waals surface area contributed by atoms with Crippen LogP contribution in [0.25, 0.3) is 23.4 Å². The van der Waals surface area contributed by atoms with Crippen LogP contribution in [0, 0.1) is 6.92 Å². The lowest BCUT2D eigenvalue weighted by molar-refractivity contribution is 1.32. The van der Waals surface area contributed by atoms with E-state index in [-0.39, 0.29) is 0 Å². The van der Waals surface area contributed by atoms with Crippen molar-refractivity contribution >= 4 is 12.2 Å².